The van der Waals surface area contributed by atoms with Gasteiger partial charge in [0.1, 0.15) is 35.1 Å². The highest BCUT2D eigenvalue weighted by Crippen LogP contribution is 2.36. The van der Waals surface area contributed by atoms with Crippen LogP contribution < -0.4 is 20.5 Å². The minimum atomic E-state index is -0.587. The summed E-state index contributed by atoms with van der Waals surface area (Å²) in [6.45, 7) is 0. The highest BCUT2D eigenvalue weighted by molar-refractivity contribution is 6.33. The Balaban J connectivity index is 1.65. The number of fused-ring (bicyclic) bond motifs is 1. The summed E-state index contributed by atoms with van der Waals surface area (Å²) in [6.07, 6.45) is 5.81. The van der Waals surface area contributed by atoms with Crippen molar-refractivity contribution in [3.63, 3.8) is 0 Å². The Morgan fingerprint density at radius 1 is 1.20 bits per heavy atom. The lowest BCUT2D eigenvalue weighted by Gasteiger charge is -2.33. The predicted molar refractivity (Wildman–Crippen MR) is 115 cm³/mol. The first-order valence-corrected chi connectivity index (χ1v) is 9.46. The van der Waals surface area contributed by atoms with E-state index in [9.17, 15) is 4.79 Å². The molecule has 30 heavy (non-hydrogen) atoms. The van der Waals surface area contributed by atoms with E-state index < -0.39 is 6.03 Å². The molecule has 1 atom stereocenters. The standard InChI is InChI=1S/C22H16ClN5O2/c23-19-13-17(30-18-9-10-26-16(12-18)14-24)7-8-20(19)27-28(22(25)29)11-3-5-15-4-1-2-6-21(15)28/h1-4,6-13,27H,5H2,(H-,25,29)/p+1. The molecule has 2 aromatic carbocycles. The maximum Gasteiger partial charge on any atom is 0.448 e. The number of hydrogen-bond acceptors (Lipinski definition) is 5. The van der Waals surface area contributed by atoms with Crippen LogP contribution in [0, 0.1) is 11.3 Å². The Kier molecular flexibility index (Phi) is 5.11. The lowest BCUT2D eigenvalue weighted by atomic mass is 10.1. The molecule has 1 aliphatic rings. The van der Waals surface area contributed by atoms with E-state index in [-0.39, 0.29) is 10.3 Å². The van der Waals surface area contributed by atoms with Gasteiger partial charge in [-0.1, -0.05) is 34.4 Å². The summed E-state index contributed by atoms with van der Waals surface area (Å²) < 4.78 is 5.38. The topological polar surface area (TPSA) is 101 Å². The molecule has 3 aromatic rings. The van der Waals surface area contributed by atoms with Gasteiger partial charge in [0, 0.05) is 36.4 Å². The monoisotopic (exact) mass is 418 g/mol. The summed E-state index contributed by atoms with van der Waals surface area (Å²) in [7, 11) is 0. The maximum absolute atomic E-state index is 12.5. The second-order valence-electron chi connectivity index (χ2n) is 6.62. The van der Waals surface area contributed by atoms with Crippen molar-refractivity contribution < 1.29 is 9.53 Å². The number of anilines is 1. The molecule has 4 rings (SSSR count). The number of nitriles is 1. The van der Waals surface area contributed by atoms with Gasteiger partial charge in [0.2, 0.25) is 0 Å². The van der Waals surface area contributed by atoms with Crippen LogP contribution >= 0.6 is 11.6 Å². The molecule has 1 aliphatic heterocycles. The molecule has 0 saturated carbocycles. The highest BCUT2D eigenvalue weighted by atomic mass is 35.5. The number of ether oxygens (including phenoxy) is 1. The molecule has 0 radical (unpaired) electrons. The van der Waals surface area contributed by atoms with Crippen LogP contribution in [-0.2, 0) is 6.42 Å². The molecule has 2 heterocycles. The number of benzene rings is 2. The van der Waals surface area contributed by atoms with Gasteiger partial charge >= 0.3 is 6.03 Å². The third kappa shape index (κ3) is 3.57. The Labute approximate surface area is 178 Å². The quantitative estimate of drug-likeness (QED) is 0.588. The molecule has 0 saturated heterocycles. The second-order valence-corrected chi connectivity index (χ2v) is 7.03. The molecule has 0 spiro atoms. The molecule has 148 valence electrons. The van der Waals surface area contributed by atoms with Crippen molar-refractivity contribution in [2.75, 3.05) is 5.43 Å². The van der Waals surface area contributed by atoms with E-state index in [0.29, 0.717) is 28.6 Å². The predicted octanol–water partition coefficient (Wildman–Crippen LogP) is 4.88. The van der Waals surface area contributed by atoms with Gasteiger partial charge in [-0.25, -0.2) is 15.2 Å². The van der Waals surface area contributed by atoms with Crippen molar-refractivity contribution >= 4 is 29.0 Å². The van der Waals surface area contributed by atoms with Crippen LogP contribution in [0.5, 0.6) is 11.5 Å². The zero-order valence-electron chi connectivity index (χ0n) is 15.7. The Bertz CT molecular complexity index is 1200. The minimum absolute atomic E-state index is 0.250. The molecule has 7 nitrogen and oxygen atoms in total. The number of nitrogens with zero attached hydrogens (tertiary/aromatic N) is 3. The number of pyridine rings is 1. The van der Waals surface area contributed by atoms with Gasteiger partial charge < -0.3 is 10.5 Å². The number of carbonyl (C=O) groups excluding carboxylic acids is 1. The molecule has 8 heteroatoms. The first-order valence-electron chi connectivity index (χ1n) is 9.08. The van der Waals surface area contributed by atoms with Crippen molar-refractivity contribution in [3.05, 3.63) is 89.4 Å². The largest absolute Gasteiger partial charge is 0.457 e. The zero-order chi connectivity index (χ0) is 21.1. The number of amides is 2. The Morgan fingerprint density at radius 3 is 2.77 bits per heavy atom. The summed E-state index contributed by atoms with van der Waals surface area (Å²) in [5, 5.41) is 9.31. The van der Waals surface area contributed by atoms with Crippen molar-refractivity contribution in [2.45, 2.75) is 6.42 Å². The van der Waals surface area contributed by atoms with Crippen LogP contribution in [-0.4, -0.2) is 11.0 Å². The number of primary amides is 1. The zero-order valence-corrected chi connectivity index (χ0v) is 16.5. The lowest BCUT2D eigenvalue weighted by Crippen LogP contribution is -2.58. The Hall–Kier alpha value is -3.86. The van der Waals surface area contributed by atoms with Crippen molar-refractivity contribution in [3.8, 4) is 17.6 Å². The average Bonchev–Trinajstić information content (AvgIpc) is 2.76. The molecule has 1 unspecified atom stereocenters. The van der Waals surface area contributed by atoms with Gasteiger partial charge in [0.15, 0.2) is 5.69 Å². The van der Waals surface area contributed by atoms with Crippen LogP contribution in [0.3, 0.4) is 0 Å². The number of hydrogen-bond donors (Lipinski definition) is 2. The number of nitrogens with one attached hydrogen (secondary N) is 1. The fraction of sp³-hybridized carbons (Fsp3) is 0.0455. The minimum Gasteiger partial charge on any atom is -0.457 e. The van der Waals surface area contributed by atoms with E-state index in [2.05, 4.69) is 10.4 Å². The SMILES string of the molecule is N#Cc1cc(Oc2ccc(N[N+]3(C(N)=O)C=CCc4ccccc43)c(Cl)c2)ccn1. The first kappa shape index (κ1) is 19.5. The van der Waals surface area contributed by atoms with Crippen molar-refractivity contribution in [1.82, 2.24) is 9.58 Å². The first-order chi connectivity index (χ1) is 14.5. The maximum atomic E-state index is 12.5. The van der Waals surface area contributed by atoms with E-state index in [1.807, 2.05) is 36.4 Å². The van der Waals surface area contributed by atoms with Crippen molar-refractivity contribution in [2.24, 2.45) is 5.73 Å². The number of halogens is 1. The van der Waals surface area contributed by atoms with E-state index in [4.69, 9.17) is 27.3 Å². The molecule has 0 fully saturated rings. The van der Waals surface area contributed by atoms with Gasteiger partial charge in [-0.3, -0.25) is 0 Å². The molecule has 3 N–H and O–H groups in total. The number of urea groups is 1. The smallest absolute Gasteiger partial charge is 0.448 e. The van der Waals surface area contributed by atoms with Gasteiger partial charge in [0.25, 0.3) is 0 Å². The number of nitrogens with two attached hydrogens (primary N) is 1. The number of carbonyl (C=O) groups is 1. The molecule has 2 amide bonds. The number of rotatable bonds is 4. The normalized spacial score (nSPS) is 16.9. The van der Waals surface area contributed by atoms with Gasteiger partial charge in [-0.2, -0.15) is 5.26 Å². The summed E-state index contributed by atoms with van der Waals surface area (Å²) in [5.74, 6) is 0.938. The number of para-hydroxylation sites is 1. The molecular formula is C22H17ClN5O2+. The third-order valence-electron chi connectivity index (χ3n) is 4.71. The van der Waals surface area contributed by atoms with Crippen LogP contribution in [0.4, 0.5) is 16.2 Å². The van der Waals surface area contributed by atoms with Crippen LogP contribution in [0.25, 0.3) is 0 Å². The highest BCUT2D eigenvalue weighted by Gasteiger charge is 2.40. The molecule has 0 bridgehead atoms. The van der Waals surface area contributed by atoms with E-state index in [0.717, 1.165) is 11.3 Å². The average molecular weight is 419 g/mol. The summed E-state index contributed by atoms with van der Waals surface area (Å²) >= 11 is 6.47. The Morgan fingerprint density at radius 2 is 2.00 bits per heavy atom. The fourth-order valence-electron chi connectivity index (χ4n) is 3.30. The molecular weight excluding hydrogens is 402 g/mol. The number of quaternary nitrogens is 1. The van der Waals surface area contributed by atoms with E-state index in [1.165, 1.54) is 12.3 Å². The third-order valence-corrected chi connectivity index (χ3v) is 5.02. The van der Waals surface area contributed by atoms with E-state index >= 15 is 0 Å². The number of aromatic nitrogens is 1. The lowest BCUT2D eigenvalue weighted by molar-refractivity contribution is 0.230. The summed E-state index contributed by atoms with van der Waals surface area (Å²) in [4.78, 5) is 16.4. The van der Waals surface area contributed by atoms with Crippen LogP contribution in [0.1, 0.15) is 11.3 Å². The second kappa shape index (κ2) is 7.87. The van der Waals surface area contributed by atoms with Gasteiger partial charge in [-0.05, 0) is 24.3 Å². The fourth-order valence-corrected chi connectivity index (χ4v) is 3.52. The van der Waals surface area contributed by atoms with Crippen molar-refractivity contribution in [1.29, 1.82) is 5.26 Å². The van der Waals surface area contributed by atoms with Crippen LogP contribution in [0.2, 0.25) is 5.02 Å². The molecule has 0 aliphatic carbocycles. The molecule has 1 aromatic heterocycles. The van der Waals surface area contributed by atoms with Gasteiger partial charge in [0.05, 0.1) is 5.02 Å². The summed E-state index contributed by atoms with van der Waals surface area (Å²) in [6, 6.07) is 17.2. The van der Waals surface area contributed by atoms with Gasteiger partial charge in [-0.15, -0.1) is 0 Å². The van der Waals surface area contributed by atoms with E-state index in [1.54, 1.807) is 30.5 Å². The van der Waals surface area contributed by atoms with Crippen LogP contribution in [0.15, 0.2) is 73.1 Å². The number of allylic oxidation sites excluding steroid dienone is 1. The summed E-state index contributed by atoms with van der Waals surface area (Å²) in [5.41, 5.74) is 11.5.